The molecule has 1 aliphatic rings. The molecule has 0 aromatic carbocycles. The Labute approximate surface area is 52.4 Å². The summed E-state index contributed by atoms with van der Waals surface area (Å²) >= 11 is 0. The summed E-state index contributed by atoms with van der Waals surface area (Å²) in [7, 11) is 0. The van der Waals surface area contributed by atoms with Crippen molar-refractivity contribution in [3.05, 3.63) is 0 Å². The van der Waals surface area contributed by atoms with Crippen LogP contribution < -0.4 is 0 Å². The van der Waals surface area contributed by atoms with Gasteiger partial charge in [0.25, 0.3) is 0 Å². The zero-order chi connectivity index (χ0) is 6.69. The normalized spacial score (nSPS) is 21.8. The van der Waals surface area contributed by atoms with Gasteiger partial charge in [-0.05, 0) is 0 Å². The van der Waals surface area contributed by atoms with Gasteiger partial charge in [0.1, 0.15) is 12.7 Å². The number of carboxylic acids is 1. The summed E-state index contributed by atoms with van der Waals surface area (Å²) in [6.07, 6.45) is 0. The van der Waals surface area contributed by atoms with Crippen molar-refractivity contribution in [1.82, 2.24) is 0 Å². The van der Waals surface area contributed by atoms with E-state index in [1.54, 1.807) is 0 Å². The van der Waals surface area contributed by atoms with E-state index >= 15 is 0 Å². The van der Waals surface area contributed by atoms with E-state index in [9.17, 15) is 4.79 Å². The quantitative estimate of drug-likeness (QED) is 0.531. The molecule has 0 radical (unpaired) electrons. The van der Waals surface area contributed by atoms with Crippen LogP contribution in [0.1, 0.15) is 0 Å². The monoisotopic (exact) mass is 132 g/mol. The van der Waals surface area contributed by atoms with E-state index in [0.717, 1.165) is 0 Å². The first kappa shape index (κ1) is 6.51. The average Bonchev–Trinajstić information content (AvgIpc) is 1.90. The average molecular weight is 132 g/mol. The largest absolute Gasteiger partial charge is 0.481 e. The van der Waals surface area contributed by atoms with Gasteiger partial charge in [0.2, 0.25) is 0 Å². The van der Waals surface area contributed by atoms with E-state index in [0.29, 0.717) is 0 Å². The highest BCUT2D eigenvalue weighted by molar-refractivity contribution is 5.70. The van der Waals surface area contributed by atoms with Gasteiger partial charge in [-0.25, -0.2) is 0 Å². The molecule has 1 heterocycles. The van der Waals surface area contributed by atoms with Crippen LogP contribution in [0.2, 0.25) is 0 Å². The highest BCUT2D eigenvalue weighted by atomic mass is 16.7. The zero-order valence-corrected chi connectivity index (χ0v) is 4.87. The molecule has 0 aromatic heterocycles. The maximum atomic E-state index is 10.2. The summed E-state index contributed by atoms with van der Waals surface area (Å²) in [5, 5.41) is 8.38. The molecule has 52 valence electrons. The van der Waals surface area contributed by atoms with E-state index in [-0.39, 0.29) is 20.0 Å². The summed E-state index contributed by atoms with van der Waals surface area (Å²) in [5.41, 5.74) is 0. The molecule has 1 saturated heterocycles. The van der Waals surface area contributed by atoms with Crippen molar-refractivity contribution in [2.45, 2.75) is 0 Å². The Morgan fingerprint density at radius 1 is 1.44 bits per heavy atom. The second-order valence-electron chi connectivity index (χ2n) is 1.89. The lowest BCUT2D eigenvalue weighted by Gasteiger charge is -2.17. The first-order chi connectivity index (χ1) is 4.30. The standard InChI is InChI=1S/C5H8O4/c6-5(7)4-1-8-3-9-2-4/h4H,1-3H2,(H,6,7). The molecule has 0 atom stereocenters. The smallest absolute Gasteiger partial charge is 0.311 e. The van der Waals surface area contributed by atoms with Crippen LogP contribution in [-0.2, 0) is 14.3 Å². The van der Waals surface area contributed by atoms with Crippen LogP contribution in [0.3, 0.4) is 0 Å². The highest BCUT2D eigenvalue weighted by Gasteiger charge is 2.20. The Hall–Kier alpha value is -0.610. The van der Waals surface area contributed by atoms with Gasteiger partial charge in [-0.2, -0.15) is 0 Å². The zero-order valence-electron chi connectivity index (χ0n) is 4.87. The maximum absolute atomic E-state index is 10.2. The number of carbonyl (C=O) groups is 1. The van der Waals surface area contributed by atoms with Crippen LogP contribution in [0.5, 0.6) is 0 Å². The summed E-state index contributed by atoms with van der Waals surface area (Å²) < 4.78 is 9.48. The predicted molar refractivity (Wildman–Crippen MR) is 27.9 cm³/mol. The van der Waals surface area contributed by atoms with Crippen LogP contribution in [-0.4, -0.2) is 31.1 Å². The Balaban J connectivity index is 2.31. The summed E-state index contributed by atoms with van der Waals surface area (Å²) in [6, 6.07) is 0. The summed E-state index contributed by atoms with van der Waals surface area (Å²) in [6.45, 7) is 0.772. The minimum atomic E-state index is -0.852. The van der Waals surface area contributed by atoms with Gasteiger partial charge in [-0.15, -0.1) is 0 Å². The number of hydrogen-bond acceptors (Lipinski definition) is 3. The third-order valence-electron chi connectivity index (χ3n) is 1.15. The second-order valence-corrected chi connectivity index (χ2v) is 1.89. The van der Waals surface area contributed by atoms with Crippen molar-refractivity contribution in [1.29, 1.82) is 0 Å². The number of carboxylic acid groups (broad SMARTS) is 1. The van der Waals surface area contributed by atoms with Crippen LogP contribution in [0.25, 0.3) is 0 Å². The molecule has 1 fully saturated rings. The van der Waals surface area contributed by atoms with Crippen molar-refractivity contribution in [2.24, 2.45) is 5.92 Å². The second kappa shape index (κ2) is 2.80. The van der Waals surface area contributed by atoms with E-state index < -0.39 is 11.9 Å². The molecule has 1 rings (SSSR count). The number of rotatable bonds is 1. The fraction of sp³-hybridized carbons (Fsp3) is 0.800. The van der Waals surface area contributed by atoms with Crippen LogP contribution in [0.15, 0.2) is 0 Å². The van der Waals surface area contributed by atoms with Crippen molar-refractivity contribution < 1.29 is 19.4 Å². The Bertz CT molecular complexity index is 106. The Morgan fingerprint density at radius 3 is 2.33 bits per heavy atom. The van der Waals surface area contributed by atoms with Gasteiger partial charge >= 0.3 is 5.97 Å². The lowest BCUT2D eigenvalue weighted by Crippen LogP contribution is -2.30. The third kappa shape index (κ3) is 1.65. The topological polar surface area (TPSA) is 55.8 Å². The third-order valence-corrected chi connectivity index (χ3v) is 1.15. The SMILES string of the molecule is O=C(O)C1COCOC1. The molecule has 9 heavy (non-hydrogen) atoms. The molecule has 1 aliphatic heterocycles. The summed E-state index contributed by atoms with van der Waals surface area (Å²) in [4.78, 5) is 10.2. The van der Waals surface area contributed by atoms with Gasteiger partial charge in [0.05, 0.1) is 13.2 Å². The molecule has 4 nitrogen and oxygen atoms in total. The molecular weight excluding hydrogens is 124 g/mol. The van der Waals surface area contributed by atoms with Crippen LogP contribution in [0.4, 0.5) is 0 Å². The van der Waals surface area contributed by atoms with Gasteiger partial charge in [-0.3, -0.25) is 4.79 Å². The van der Waals surface area contributed by atoms with E-state index in [1.807, 2.05) is 0 Å². The Kier molecular flexibility index (Phi) is 2.02. The minimum Gasteiger partial charge on any atom is -0.481 e. The lowest BCUT2D eigenvalue weighted by atomic mass is 10.2. The molecular formula is C5H8O4. The molecule has 0 unspecified atom stereocenters. The fourth-order valence-electron chi connectivity index (χ4n) is 0.630. The highest BCUT2D eigenvalue weighted by Crippen LogP contribution is 2.04. The number of hydrogen-bond donors (Lipinski definition) is 1. The number of aliphatic carboxylic acids is 1. The molecule has 0 bridgehead atoms. The van der Waals surface area contributed by atoms with E-state index in [1.165, 1.54) is 0 Å². The van der Waals surface area contributed by atoms with Gasteiger partial charge in [0, 0.05) is 0 Å². The van der Waals surface area contributed by atoms with Gasteiger partial charge in [0.15, 0.2) is 0 Å². The van der Waals surface area contributed by atoms with Crippen LogP contribution >= 0.6 is 0 Å². The number of ether oxygens (including phenoxy) is 2. The molecule has 0 aliphatic carbocycles. The maximum Gasteiger partial charge on any atom is 0.311 e. The molecule has 0 saturated carbocycles. The lowest BCUT2D eigenvalue weighted by molar-refractivity contribution is -0.165. The first-order valence-corrected chi connectivity index (χ1v) is 2.69. The van der Waals surface area contributed by atoms with Gasteiger partial charge in [-0.1, -0.05) is 0 Å². The fourth-order valence-corrected chi connectivity index (χ4v) is 0.630. The first-order valence-electron chi connectivity index (χ1n) is 2.69. The molecule has 0 amide bonds. The molecule has 1 N–H and O–H groups in total. The van der Waals surface area contributed by atoms with Crippen molar-refractivity contribution in [2.75, 3.05) is 20.0 Å². The van der Waals surface area contributed by atoms with Crippen LogP contribution in [0, 0.1) is 5.92 Å². The minimum absolute atomic E-state index is 0.226. The molecule has 0 spiro atoms. The molecule has 4 heteroatoms. The molecule has 0 aromatic rings. The van der Waals surface area contributed by atoms with Crippen molar-refractivity contribution in [3.63, 3.8) is 0 Å². The Morgan fingerprint density at radius 2 is 2.00 bits per heavy atom. The van der Waals surface area contributed by atoms with Crippen molar-refractivity contribution in [3.8, 4) is 0 Å². The van der Waals surface area contributed by atoms with Crippen molar-refractivity contribution >= 4 is 5.97 Å². The van der Waals surface area contributed by atoms with Gasteiger partial charge < -0.3 is 14.6 Å². The summed E-state index contributed by atoms with van der Waals surface area (Å²) in [5.74, 6) is -1.33. The predicted octanol–water partition coefficient (Wildman–Crippen LogP) is -0.308. The van der Waals surface area contributed by atoms with E-state index in [4.69, 9.17) is 14.6 Å². The van der Waals surface area contributed by atoms with E-state index in [2.05, 4.69) is 0 Å².